The van der Waals surface area contributed by atoms with Crippen molar-refractivity contribution < 1.29 is 22.7 Å². The zero-order valence-corrected chi connectivity index (χ0v) is 16.2. The summed E-state index contributed by atoms with van der Waals surface area (Å²) in [5, 5.41) is 7.55. The lowest BCUT2D eigenvalue weighted by Gasteiger charge is -2.35. The number of aromatic nitrogens is 2. The smallest absolute Gasteiger partial charge is 0.368 e. The van der Waals surface area contributed by atoms with Crippen molar-refractivity contribution in [3.8, 4) is 0 Å². The largest absolute Gasteiger partial charge is 0.410 e. The monoisotopic (exact) mass is 400 g/mol. The van der Waals surface area contributed by atoms with Crippen molar-refractivity contribution in [1.29, 1.82) is 0 Å². The van der Waals surface area contributed by atoms with Crippen molar-refractivity contribution in [3.63, 3.8) is 0 Å². The topological polar surface area (TPSA) is 59.4 Å². The highest BCUT2D eigenvalue weighted by Gasteiger charge is 2.47. The van der Waals surface area contributed by atoms with E-state index in [9.17, 15) is 18.0 Å². The van der Waals surface area contributed by atoms with E-state index in [1.807, 2.05) is 13.8 Å². The van der Waals surface area contributed by atoms with Gasteiger partial charge in [0, 0.05) is 25.3 Å². The molecule has 0 spiro atoms. The predicted molar refractivity (Wildman–Crippen MR) is 96.8 cm³/mol. The normalized spacial score (nSPS) is 30.6. The molecule has 0 aromatic carbocycles. The van der Waals surface area contributed by atoms with E-state index in [2.05, 4.69) is 10.4 Å². The number of alkyl halides is 3. The van der Waals surface area contributed by atoms with Crippen molar-refractivity contribution in [3.05, 3.63) is 11.8 Å². The lowest BCUT2D eigenvalue weighted by Crippen LogP contribution is -2.41. The summed E-state index contributed by atoms with van der Waals surface area (Å²) in [6.45, 7) is 5.01. The number of likely N-dealkylation sites (tertiary alicyclic amines) is 1. The first-order valence-electron chi connectivity index (χ1n) is 10.1. The van der Waals surface area contributed by atoms with Crippen LogP contribution in [-0.4, -0.2) is 52.1 Å². The molecule has 1 aromatic heterocycles. The average Bonchev–Trinajstić information content (AvgIpc) is 3.38. The molecule has 1 aromatic rings. The molecule has 0 saturated carbocycles. The number of ether oxygens (including phenoxy) is 1. The third kappa shape index (κ3) is 3.49. The van der Waals surface area contributed by atoms with Gasteiger partial charge in [-0.05, 0) is 38.0 Å². The highest BCUT2D eigenvalue weighted by atomic mass is 19.4. The molecule has 0 aliphatic carbocycles. The second-order valence-electron chi connectivity index (χ2n) is 8.38. The van der Waals surface area contributed by atoms with Gasteiger partial charge in [0.05, 0.1) is 11.7 Å². The third-order valence-corrected chi connectivity index (χ3v) is 6.13. The number of carbonyl (C=O) groups excluding carboxylic acids is 1. The van der Waals surface area contributed by atoms with Crippen LogP contribution < -0.4 is 5.32 Å². The van der Waals surface area contributed by atoms with E-state index in [4.69, 9.17) is 4.74 Å². The first-order chi connectivity index (χ1) is 13.3. The van der Waals surface area contributed by atoms with Gasteiger partial charge in [-0.25, -0.2) is 4.68 Å². The summed E-state index contributed by atoms with van der Waals surface area (Å²) < 4.78 is 47.6. The van der Waals surface area contributed by atoms with Gasteiger partial charge in [0.25, 0.3) is 5.91 Å². The molecule has 2 saturated heterocycles. The standard InChI is InChI=1S/C19H27F3N4O2/c1-11(2)12-9-16(19(20,21)22)26-17(23-12)10-13(24-26)14-5-3-7-25(14)18(27)15-6-4-8-28-15/h10-12,14-16,23H,3-9H2,1-2H3/t12-,14+,15-,16+/m0/s1. The number of fused-ring (bicyclic) bond motifs is 1. The fraction of sp³-hybridized carbons (Fsp3) is 0.789. The van der Waals surface area contributed by atoms with Gasteiger partial charge < -0.3 is 15.0 Å². The minimum absolute atomic E-state index is 0.0431. The number of hydrogen-bond acceptors (Lipinski definition) is 4. The van der Waals surface area contributed by atoms with E-state index in [-0.39, 0.29) is 30.3 Å². The summed E-state index contributed by atoms with van der Waals surface area (Å²) in [5.74, 6) is 0.395. The minimum atomic E-state index is -4.36. The van der Waals surface area contributed by atoms with Crippen LogP contribution in [0.4, 0.5) is 19.0 Å². The molecule has 9 heteroatoms. The van der Waals surface area contributed by atoms with Gasteiger partial charge in [-0.2, -0.15) is 18.3 Å². The number of nitrogens with zero attached hydrogens (tertiary/aromatic N) is 3. The molecule has 0 unspecified atom stereocenters. The van der Waals surface area contributed by atoms with Crippen LogP contribution in [0.5, 0.6) is 0 Å². The zero-order valence-electron chi connectivity index (χ0n) is 16.2. The maximum absolute atomic E-state index is 13.7. The van der Waals surface area contributed by atoms with E-state index in [0.717, 1.165) is 17.5 Å². The third-order valence-electron chi connectivity index (χ3n) is 6.13. The Morgan fingerprint density at radius 3 is 2.75 bits per heavy atom. The van der Waals surface area contributed by atoms with Gasteiger partial charge in [-0.3, -0.25) is 4.79 Å². The molecule has 6 nitrogen and oxygen atoms in total. The van der Waals surface area contributed by atoms with Crippen molar-refractivity contribution in [1.82, 2.24) is 14.7 Å². The van der Waals surface area contributed by atoms with Crippen molar-refractivity contribution in [2.75, 3.05) is 18.5 Å². The number of hydrogen-bond donors (Lipinski definition) is 1. The Kier molecular flexibility index (Phi) is 5.05. The molecule has 3 aliphatic rings. The molecule has 0 radical (unpaired) electrons. The summed E-state index contributed by atoms with van der Waals surface area (Å²) in [5.41, 5.74) is 0.532. The molecule has 1 N–H and O–H groups in total. The second-order valence-corrected chi connectivity index (χ2v) is 8.38. The van der Waals surface area contributed by atoms with E-state index >= 15 is 0 Å². The van der Waals surface area contributed by atoms with Gasteiger partial charge in [0.1, 0.15) is 11.9 Å². The van der Waals surface area contributed by atoms with Crippen LogP contribution >= 0.6 is 0 Å². The van der Waals surface area contributed by atoms with E-state index in [1.54, 1.807) is 11.0 Å². The predicted octanol–water partition coefficient (Wildman–Crippen LogP) is 3.67. The van der Waals surface area contributed by atoms with Crippen molar-refractivity contribution in [2.24, 2.45) is 5.92 Å². The number of nitrogens with one attached hydrogen (secondary N) is 1. The number of anilines is 1. The molecular formula is C19H27F3N4O2. The number of halogens is 3. The average molecular weight is 400 g/mol. The summed E-state index contributed by atoms with van der Waals surface area (Å²) in [4.78, 5) is 14.6. The lowest BCUT2D eigenvalue weighted by molar-refractivity contribution is -0.174. The van der Waals surface area contributed by atoms with Gasteiger partial charge in [0.15, 0.2) is 6.04 Å². The van der Waals surface area contributed by atoms with Gasteiger partial charge in [-0.1, -0.05) is 13.8 Å². The number of carbonyl (C=O) groups is 1. The van der Waals surface area contributed by atoms with Gasteiger partial charge in [-0.15, -0.1) is 0 Å². The van der Waals surface area contributed by atoms with E-state index in [0.29, 0.717) is 37.5 Å². The minimum Gasteiger partial charge on any atom is -0.368 e. The fourth-order valence-electron chi connectivity index (χ4n) is 4.52. The lowest BCUT2D eigenvalue weighted by atomic mass is 9.94. The Morgan fingerprint density at radius 1 is 1.32 bits per heavy atom. The van der Waals surface area contributed by atoms with Crippen molar-refractivity contribution in [2.45, 2.75) is 76.4 Å². The molecule has 1 amide bonds. The Hall–Kier alpha value is -1.77. The Bertz CT molecular complexity index is 727. The highest BCUT2D eigenvalue weighted by molar-refractivity contribution is 5.82. The molecule has 2 fully saturated rings. The second kappa shape index (κ2) is 7.24. The van der Waals surface area contributed by atoms with Crippen LogP contribution in [0.2, 0.25) is 0 Å². The Labute approximate surface area is 162 Å². The first kappa shape index (κ1) is 19.5. The maximum atomic E-state index is 13.7. The van der Waals surface area contributed by atoms with Crippen LogP contribution in [0.15, 0.2) is 6.07 Å². The molecule has 28 heavy (non-hydrogen) atoms. The Balaban J connectivity index is 1.62. The molecule has 156 valence electrons. The highest BCUT2D eigenvalue weighted by Crippen LogP contribution is 2.42. The molecule has 0 bridgehead atoms. The molecular weight excluding hydrogens is 373 g/mol. The molecule has 3 aliphatic heterocycles. The number of rotatable bonds is 3. The Morgan fingerprint density at radius 2 is 2.11 bits per heavy atom. The summed E-state index contributed by atoms with van der Waals surface area (Å²) in [7, 11) is 0. The van der Waals surface area contributed by atoms with Crippen LogP contribution in [0.3, 0.4) is 0 Å². The SMILES string of the molecule is CC(C)[C@@H]1C[C@H](C(F)(F)F)n2nc([C@H]3CCCN3C(=O)[C@@H]3CCCO3)cc2N1. The van der Waals surface area contributed by atoms with E-state index < -0.39 is 18.3 Å². The summed E-state index contributed by atoms with van der Waals surface area (Å²) in [6.07, 6.45) is -1.75. The van der Waals surface area contributed by atoms with E-state index in [1.165, 1.54) is 0 Å². The van der Waals surface area contributed by atoms with Crippen molar-refractivity contribution >= 4 is 11.7 Å². The first-order valence-corrected chi connectivity index (χ1v) is 10.1. The molecule has 4 rings (SSSR count). The molecule has 4 heterocycles. The fourth-order valence-corrected chi connectivity index (χ4v) is 4.52. The summed E-state index contributed by atoms with van der Waals surface area (Å²) >= 11 is 0. The number of amides is 1. The van der Waals surface area contributed by atoms with Crippen LogP contribution in [0, 0.1) is 5.92 Å². The maximum Gasteiger partial charge on any atom is 0.410 e. The van der Waals surface area contributed by atoms with Gasteiger partial charge >= 0.3 is 6.18 Å². The zero-order chi connectivity index (χ0) is 20.1. The quantitative estimate of drug-likeness (QED) is 0.841. The van der Waals surface area contributed by atoms with Crippen LogP contribution in [-0.2, 0) is 9.53 Å². The summed E-state index contributed by atoms with van der Waals surface area (Å²) in [6, 6.07) is -0.507. The van der Waals surface area contributed by atoms with Gasteiger partial charge in [0.2, 0.25) is 0 Å². The van der Waals surface area contributed by atoms with Crippen LogP contribution in [0.1, 0.15) is 63.7 Å². The van der Waals surface area contributed by atoms with Crippen LogP contribution in [0.25, 0.3) is 0 Å². The molecule has 4 atom stereocenters.